The van der Waals surface area contributed by atoms with Gasteiger partial charge in [-0.2, -0.15) is 0 Å². The Balaban J connectivity index is 1.49. The minimum absolute atomic E-state index is 0.00241. The summed E-state index contributed by atoms with van der Waals surface area (Å²) in [6.45, 7) is 1.88. The SMILES string of the molecule is CC(=O)Nc1cccc(-n2cnnc2SCC(=O)NC(=O)NCCc2cccs2)c1. The topological polar surface area (TPSA) is 118 Å². The number of imide groups is 1. The third kappa shape index (κ3) is 6.42. The first-order valence-corrected chi connectivity index (χ1v) is 10.9. The van der Waals surface area contributed by atoms with E-state index >= 15 is 0 Å². The van der Waals surface area contributed by atoms with Crippen LogP contribution in [0.15, 0.2) is 53.3 Å². The molecule has 0 aliphatic rings. The third-order valence-corrected chi connectivity index (χ3v) is 5.66. The second-order valence-electron chi connectivity index (χ2n) is 6.14. The fraction of sp³-hybridized carbons (Fsp3) is 0.211. The Morgan fingerprint density at radius 2 is 2.07 bits per heavy atom. The van der Waals surface area contributed by atoms with Gasteiger partial charge < -0.3 is 10.6 Å². The predicted molar refractivity (Wildman–Crippen MR) is 116 cm³/mol. The van der Waals surface area contributed by atoms with E-state index in [-0.39, 0.29) is 11.7 Å². The first kappa shape index (κ1) is 21.5. The third-order valence-electron chi connectivity index (χ3n) is 3.78. The average Bonchev–Trinajstić information content (AvgIpc) is 3.38. The molecular formula is C19H20N6O3S2. The molecule has 156 valence electrons. The summed E-state index contributed by atoms with van der Waals surface area (Å²) in [5.74, 6) is -0.603. The van der Waals surface area contributed by atoms with E-state index < -0.39 is 11.9 Å². The summed E-state index contributed by atoms with van der Waals surface area (Å²) in [6, 6.07) is 10.6. The van der Waals surface area contributed by atoms with Gasteiger partial charge in [0.05, 0.1) is 11.4 Å². The Labute approximate surface area is 181 Å². The summed E-state index contributed by atoms with van der Waals surface area (Å²) in [6.07, 6.45) is 2.24. The predicted octanol–water partition coefficient (Wildman–Crippen LogP) is 2.45. The highest BCUT2D eigenvalue weighted by Gasteiger charge is 2.13. The van der Waals surface area contributed by atoms with Crippen LogP contribution in [0.3, 0.4) is 0 Å². The molecular weight excluding hydrogens is 424 g/mol. The number of hydrogen-bond donors (Lipinski definition) is 3. The van der Waals surface area contributed by atoms with E-state index in [0.717, 1.165) is 17.4 Å². The lowest BCUT2D eigenvalue weighted by molar-refractivity contribution is -0.117. The van der Waals surface area contributed by atoms with Crippen LogP contribution in [0.25, 0.3) is 5.69 Å². The summed E-state index contributed by atoms with van der Waals surface area (Å²) in [7, 11) is 0. The molecule has 0 radical (unpaired) electrons. The Morgan fingerprint density at radius 1 is 1.20 bits per heavy atom. The Hall–Kier alpha value is -3.18. The zero-order valence-corrected chi connectivity index (χ0v) is 17.8. The summed E-state index contributed by atoms with van der Waals surface area (Å²) < 4.78 is 1.70. The van der Waals surface area contributed by atoms with Gasteiger partial charge in [-0.05, 0) is 36.1 Å². The number of benzene rings is 1. The quantitative estimate of drug-likeness (QED) is 0.459. The van der Waals surface area contributed by atoms with Crippen LogP contribution >= 0.6 is 23.1 Å². The number of hydrogen-bond acceptors (Lipinski definition) is 7. The van der Waals surface area contributed by atoms with Crippen molar-refractivity contribution >= 4 is 46.6 Å². The van der Waals surface area contributed by atoms with E-state index in [2.05, 4.69) is 26.1 Å². The maximum atomic E-state index is 12.1. The van der Waals surface area contributed by atoms with Crippen molar-refractivity contribution in [1.82, 2.24) is 25.4 Å². The van der Waals surface area contributed by atoms with Gasteiger partial charge in [-0.1, -0.05) is 23.9 Å². The number of nitrogens with one attached hydrogen (secondary N) is 3. The van der Waals surface area contributed by atoms with Crippen molar-refractivity contribution in [1.29, 1.82) is 0 Å². The van der Waals surface area contributed by atoms with E-state index in [1.807, 2.05) is 23.6 Å². The van der Waals surface area contributed by atoms with Crippen LogP contribution in [0.2, 0.25) is 0 Å². The van der Waals surface area contributed by atoms with Crippen molar-refractivity contribution in [2.24, 2.45) is 0 Å². The zero-order valence-electron chi connectivity index (χ0n) is 16.1. The van der Waals surface area contributed by atoms with Gasteiger partial charge in [-0.25, -0.2) is 4.79 Å². The van der Waals surface area contributed by atoms with Crippen molar-refractivity contribution in [3.8, 4) is 5.69 Å². The lowest BCUT2D eigenvalue weighted by Gasteiger charge is -2.09. The standard InChI is InChI=1S/C19H20N6O3S2/c1-13(26)22-14-4-2-5-15(10-14)25-12-21-24-19(25)30-11-17(27)23-18(28)20-8-7-16-6-3-9-29-16/h2-6,9-10,12H,7-8,11H2,1H3,(H,22,26)(H2,20,23,27,28). The summed E-state index contributed by atoms with van der Waals surface area (Å²) >= 11 is 2.77. The molecule has 11 heteroatoms. The van der Waals surface area contributed by atoms with Crippen molar-refractivity contribution < 1.29 is 14.4 Å². The van der Waals surface area contributed by atoms with Gasteiger partial charge >= 0.3 is 6.03 Å². The van der Waals surface area contributed by atoms with Gasteiger partial charge in [0.25, 0.3) is 0 Å². The lowest BCUT2D eigenvalue weighted by Crippen LogP contribution is -2.41. The van der Waals surface area contributed by atoms with E-state index in [4.69, 9.17) is 0 Å². The highest BCUT2D eigenvalue weighted by Crippen LogP contribution is 2.21. The number of carbonyl (C=O) groups is 3. The van der Waals surface area contributed by atoms with Crippen molar-refractivity contribution in [3.63, 3.8) is 0 Å². The number of rotatable bonds is 8. The first-order valence-electron chi connectivity index (χ1n) is 9.02. The summed E-state index contributed by atoms with van der Waals surface area (Å²) in [5, 5.41) is 18.1. The van der Waals surface area contributed by atoms with Gasteiger partial charge in [0.1, 0.15) is 6.33 Å². The molecule has 2 heterocycles. The number of anilines is 1. The molecule has 9 nitrogen and oxygen atoms in total. The molecule has 3 rings (SSSR count). The maximum Gasteiger partial charge on any atom is 0.321 e. The minimum Gasteiger partial charge on any atom is -0.337 e. The monoisotopic (exact) mass is 444 g/mol. The fourth-order valence-electron chi connectivity index (χ4n) is 2.53. The average molecular weight is 445 g/mol. The maximum absolute atomic E-state index is 12.1. The number of aromatic nitrogens is 3. The van der Waals surface area contributed by atoms with Crippen LogP contribution < -0.4 is 16.0 Å². The van der Waals surface area contributed by atoms with Gasteiger partial charge in [0.2, 0.25) is 11.8 Å². The number of nitrogens with zero attached hydrogens (tertiary/aromatic N) is 3. The molecule has 0 unspecified atom stereocenters. The molecule has 0 saturated carbocycles. The summed E-state index contributed by atoms with van der Waals surface area (Å²) in [5.41, 5.74) is 1.38. The highest BCUT2D eigenvalue weighted by atomic mass is 32.2. The highest BCUT2D eigenvalue weighted by molar-refractivity contribution is 7.99. The number of thioether (sulfide) groups is 1. The van der Waals surface area contributed by atoms with Crippen molar-refractivity contribution in [2.75, 3.05) is 17.6 Å². The van der Waals surface area contributed by atoms with Gasteiger partial charge in [0.15, 0.2) is 5.16 Å². The Kier molecular flexibility index (Phi) is 7.57. The summed E-state index contributed by atoms with van der Waals surface area (Å²) in [4.78, 5) is 36.3. The minimum atomic E-state index is -0.526. The van der Waals surface area contributed by atoms with E-state index in [1.54, 1.807) is 34.1 Å². The molecule has 0 spiro atoms. The molecule has 1 aromatic carbocycles. The number of thiophene rings is 1. The number of urea groups is 1. The number of carbonyl (C=O) groups excluding carboxylic acids is 3. The van der Waals surface area contributed by atoms with Crippen LogP contribution in [-0.2, 0) is 16.0 Å². The first-order chi connectivity index (χ1) is 14.5. The van der Waals surface area contributed by atoms with Crippen molar-refractivity contribution in [2.45, 2.75) is 18.5 Å². The van der Waals surface area contributed by atoms with Crippen LogP contribution in [-0.4, -0.2) is 44.9 Å². The molecule has 0 aliphatic carbocycles. The van der Waals surface area contributed by atoms with Gasteiger partial charge in [-0.15, -0.1) is 21.5 Å². The van der Waals surface area contributed by atoms with E-state index in [0.29, 0.717) is 23.8 Å². The van der Waals surface area contributed by atoms with Crippen LogP contribution in [0.4, 0.5) is 10.5 Å². The van der Waals surface area contributed by atoms with Crippen LogP contribution in [0.1, 0.15) is 11.8 Å². The van der Waals surface area contributed by atoms with Crippen molar-refractivity contribution in [3.05, 3.63) is 53.0 Å². The lowest BCUT2D eigenvalue weighted by atomic mass is 10.2. The Bertz CT molecular complexity index is 1020. The Morgan fingerprint density at radius 3 is 2.83 bits per heavy atom. The van der Waals surface area contributed by atoms with Crippen LogP contribution in [0.5, 0.6) is 0 Å². The largest absolute Gasteiger partial charge is 0.337 e. The normalized spacial score (nSPS) is 10.4. The second kappa shape index (κ2) is 10.6. The molecule has 30 heavy (non-hydrogen) atoms. The molecule has 3 N–H and O–H groups in total. The number of amides is 4. The van der Waals surface area contributed by atoms with Gasteiger partial charge in [0, 0.05) is 24.0 Å². The molecule has 0 fully saturated rings. The molecule has 4 amide bonds. The van der Waals surface area contributed by atoms with Gasteiger partial charge in [-0.3, -0.25) is 19.5 Å². The molecule has 3 aromatic rings. The van der Waals surface area contributed by atoms with Crippen LogP contribution in [0, 0.1) is 0 Å². The molecule has 0 bridgehead atoms. The molecule has 0 atom stereocenters. The zero-order chi connectivity index (χ0) is 21.3. The molecule has 0 saturated heterocycles. The van der Waals surface area contributed by atoms with E-state index in [1.165, 1.54) is 18.1 Å². The second-order valence-corrected chi connectivity index (χ2v) is 8.11. The fourth-order valence-corrected chi connectivity index (χ4v) is 3.97. The molecule has 0 aliphatic heterocycles. The van der Waals surface area contributed by atoms with E-state index in [9.17, 15) is 14.4 Å². The smallest absolute Gasteiger partial charge is 0.321 e. The molecule has 2 aromatic heterocycles.